The molecule has 0 bridgehead atoms. The lowest BCUT2D eigenvalue weighted by Gasteiger charge is -2.11. The van der Waals surface area contributed by atoms with Crippen LogP contribution in [0.4, 0.5) is 5.69 Å². The summed E-state index contributed by atoms with van der Waals surface area (Å²) >= 11 is 2.78. The van der Waals surface area contributed by atoms with Crippen molar-refractivity contribution < 1.29 is 14.3 Å². The third kappa shape index (κ3) is 5.68. The molecule has 144 valence electrons. The van der Waals surface area contributed by atoms with Gasteiger partial charge in [0.05, 0.1) is 24.5 Å². The van der Waals surface area contributed by atoms with Crippen LogP contribution in [-0.4, -0.2) is 29.2 Å². The number of nitrogens with zero attached hydrogens (tertiary/aromatic N) is 1. The summed E-state index contributed by atoms with van der Waals surface area (Å²) in [7, 11) is 0. The van der Waals surface area contributed by atoms with Crippen LogP contribution in [0.5, 0.6) is 0 Å². The molecule has 1 amide bonds. The zero-order valence-corrected chi connectivity index (χ0v) is 17.0. The molecule has 3 rings (SSSR count). The standard InChI is InChI=1S/C21H20N2O3S2/c1-2-26-20(25)12-16-13-27-21(22-16)28-14-19(24)23-18-11-7-6-10-17(18)15-8-4-3-5-9-15/h3-11,13H,2,12,14H2,1H3,(H,23,24). The number of thioether (sulfide) groups is 1. The molecular weight excluding hydrogens is 392 g/mol. The summed E-state index contributed by atoms with van der Waals surface area (Å²) in [6.07, 6.45) is 0.154. The van der Waals surface area contributed by atoms with E-state index in [0.29, 0.717) is 12.3 Å². The second-order valence-corrected chi connectivity index (χ2v) is 7.92. The Balaban J connectivity index is 1.57. The van der Waals surface area contributed by atoms with E-state index in [1.807, 2.05) is 60.0 Å². The number of amides is 1. The number of para-hydroxylation sites is 1. The van der Waals surface area contributed by atoms with Crippen LogP contribution in [0, 0.1) is 0 Å². The Kier molecular flexibility index (Phi) is 7.22. The first kappa shape index (κ1) is 20.1. The predicted octanol–water partition coefficient (Wildman–Crippen LogP) is 4.65. The molecule has 1 N–H and O–H groups in total. The quantitative estimate of drug-likeness (QED) is 0.431. The summed E-state index contributed by atoms with van der Waals surface area (Å²) in [6, 6.07) is 17.7. The van der Waals surface area contributed by atoms with Gasteiger partial charge in [-0.3, -0.25) is 9.59 Å². The smallest absolute Gasteiger partial charge is 0.311 e. The summed E-state index contributed by atoms with van der Waals surface area (Å²) < 4.78 is 5.68. The molecule has 0 fully saturated rings. The van der Waals surface area contributed by atoms with Gasteiger partial charge in [0.2, 0.25) is 5.91 Å². The Morgan fingerprint density at radius 3 is 2.64 bits per heavy atom. The molecule has 3 aromatic rings. The van der Waals surface area contributed by atoms with Crippen molar-refractivity contribution in [3.8, 4) is 11.1 Å². The molecule has 5 nitrogen and oxygen atoms in total. The Hall–Kier alpha value is -2.64. The molecule has 0 aliphatic heterocycles. The minimum atomic E-state index is -0.292. The van der Waals surface area contributed by atoms with Gasteiger partial charge < -0.3 is 10.1 Å². The van der Waals surface area contributed by atoms with Crippen LogP contribution in [0.15, 0.2) is 64.3 Å². The van der Waals surface area contributed by atoms with E-state index >= 15 is 0 Å². The summed E-state index contributed by atoms with van der Waals surface area (Å²) in [4.78, 5) is 28.3. The summed E-state index contributed by atoms with van der Waals surface area (Å²) in [6.45, 7) is 2.13. The molecule has 0 atom stereocenters. The van der Waals surface area contributed by atoms with Crippen molar-refractivity contribution in [1.82, 2.24) is 4.98 Å². The molecule has 28 heavy (non-hydrogen) atoms. The van der Waals surface area contributed by atoms with E-state index in [1.165, 1.54) is 23.1 Å². The number of esters is 1. The number of carbonyl (C=O) groups is 2. The van der Waals surface area contributed by atoms with Crippen LogP contribution in [0.3, 0.4) is 0 Å². The predicted molar refractivity (Wildman–Crippen MR) is 114 cm³/mol. The lowest BCUT2D eigenvalue weighted by molar-refractivity contribution is -0.142. The fourth-order valence-corrected chi connectivity index (χ4v) is 4.22. The molecule has 0 aliphatic carbocycles. The number of carbonyl (C=O) groups excluding carboxylic acids is 2. The third-order valence-electron chi connectivity index (χ3n) is 3.77. The molecule has 1 aromatic heterocycles. The number of ether oxygens (including phenoxy) is 1. The van der Waals surface area contributed by atoms with Crippen molar-refractivity contribution in [3.05, 3.63) is 65.7 Å². The Morgan fingerprint density at radius 2 is 1.86 bits per heavy atom. The lowest BCUT2D eigenvalue weighted by atomic mass is 10.0. The molecule has 2 aromatic carbocycles. The van der Waals surface area contributed by atoms with Crippen LogP contribution in [-0.2, 0) is 20.7 Å². The monoisotopic (exact) mass is 412 g/mol. The maximum atomic E-state index is 12.4. The average molecular weight is 413 g/mol. The van der Waals surface area contributed by atoms with Crippen molar-refractivity contribution >= 4 is 40.7 Å². The summed E-state index contributed by atoms with van der Waals surface area (Å²) in [5, 5.41) is 4.80. The fourth-order valence-electron chi connectivity index (χ4n) is 2.57. The van der Waals surface area contributed by atoms with Gasteiger partial charge in [-0.15, -0.1) is 11.3 Å². The second kappa shape index (κ2) is 10.1. The van der Waals surface area contributed by atoms with Gasteiger partial charge in [-0.1, -0.05) is 60.3 Å². The zero-order chi connectivity index (χ0) is 19.8. The van der Waals surface area contributed by atoms with Crippen molar-refractivity contribution in [2.24, 2.45) is 0 Å². The number of rotatable bonds is 8. The van der Waals surface area contributed by atoms with Gasteiger partial charge in [-0.05, 0) is 18.6 Å². The number of hydrogen-bond donors (Lipinski definition) is 1. The average Bonchev–Trinajstić information content (AvgIpc) is 3.15. The summed E-state index contributed by atoms with van der Waals surface area (Å²) in [5.41, 5.74) is 3.48. The molecule has 0 unspecified atom stereocenters. The molecular formula is C21H20N2O3S2. The number of thiazole rings is 1. The van der Waals surface area contributed by atoms with Crippen molar-refractivity contribution in [2.45, 2.75) is 17.7 Å². The first-order valence-corrected chi connectivity index (χ1v) is 10.7. The highest BCUT2D eigenvalue weighted by Gasteiger charge is 2.12. The molecule has 1 heterocycles. The van der Waals surface area contributed by atoms with E-state index < -0.39 is 0 Å². The Labute approximate surface area is 172 Å². The number of nitrogens with one attached hydrogen (secondary N) is 1. The van der Waals surface area contributed by atoms with Gasteiger partial charge in [0, 0.05) is 16.6 Å². The first-order valence-electron chi connectivity index (χ1n) is 8.83. The van der Waals surface area contributed by atoms with E-state index in [9.17, 15) is 9.59 Å². The van der Waals surface area contributed by atoms with Crippen molar-refractivity contribution in [3.63, 3.8) is 0 Å². The molecule has 0 radical (unpaired) electrons. The van der Waals surface area contributed by atoms with Gasteiger partial charge in [0.25, 0.3) is 0 Å². The first-order chi connectivity index (χ1) is 13.7. The highest BCUT2D eigenvalue weighted by Crippen LogP contribution is 2.28. The third-order valence-corrected chi connectivity index (χ3v) is 5.84. The highest BCUT2D eigenvalue weighted by molar-refractivity contribution is 8.01. The van der Waals surface area contributed by atoms with Gasteiger partial charge in [-0.2, -0.15) is 0 Å². The molecule has 0 spiro atoms. The van der Waals surface area contributed by atoms with Crippen LogP contribution >= 0.6 is 23.1 Å². The van der Waals surface area contributed by atoms with Gasteiger partial charge in [0.15, 0.2) is 4.34 Å². The number of anilines is 1. The molecule has 0 aliphatic rings. The van der Waals surface area contributed by atoms with Crippen molar-refractivity contribution in [2.75, 3.05) is 17.7 Å². The van der Waals surface area contributed by atoms with Crippen LogP contribution in [0.1, 0.15) is 12.6 Å². The van der Waals surface area contributed by atoms with E-state index in [-0.39, 0.29) is 24.1 Å². The maximum Gasteiger partial charge on any atom is 0.311 e. The minimum Gasteiger partial charge on any atom is -0.466 e. The Bertz CT molecular complexity index is 942. The maximum absolute atomic E-state index is 12.4. The molecule has 0 saturated heterocycles. The van der Waals surface area contributed by atoms with E-state index in [2.05, 4.69) is 10.3 Å². The van der Waals surface area contributed by atoms with Crippen molar-refractivity contribution in [1.29, 1.82) is 0 Å². The van der Waals surface area contributed by atoms with Crippen LogP contribution < -0.4 is 5.32 Å². The second-order valence-electron chi connectivity index (χ2n) is 5.84. The lowest BCUT2D eigenvalue weighted by Crippen LogP contribution is -2.14. The van der Waals surface area contributed by atoms with Crippen LogP contribution in [0.25, 0.3) is 11.1 Å². The normalized spacial score (nSPS) is 10.5. The minimum absolute atomic E-state index is 0.101. The van der Waals surface area contributed by atoms with E-state index in [4.69, 9.17) is 4.74 Å². The highest BCUT2D eigenvalue weighted by atomic mass is 32.2. The van der Waals surface area contributed by atoms with E-state index in [1.54, 1.807) is 6.92 Å². The topological polar surface area (TPSA) is 68.3 Å². The number of aromatic nitrogens is 1. The SMILES string of the molecule is CCOC(=O)Cc1csc(SCC(=O)Nc2ccccc2-c2ccccc2)n1. The number of benzene rings is 2. The van der Waals surface area contributed by atoms with E-state index in [0.717, 1.165) is 21.2 Å². The van der Waals surface area contributed by atoms with Crippen LogP contribution in [0.2, 0.25) is 0 Å². The molecule has 0 saturated carbocycles. The number of hydrogen-bond acceptors (Lipinski definition) is 6. The van der Waals surface area contributed by atoms with Gasteiger partial charge in [0.1, 0.15) is 0 Å². The Morgan fingerprint density at radius 1 is 1.11 bits per heavy atom. The van der Waals surface area contributed by atoms with Gasteiger partial charge >= 0.3 is 5.97 Å². The van der Waals surface area contributed by atoms with Gasteiger partial charge in [-0.25, -0.2) is 4.98 Å². The fraction of sp³-hybridized carbons (Fsp3) is 0.190. The summed E-state index contributed by atoms with van der Waals surface area (Å²) in [5.74, 6) is -0.148. The zero-order valence-electron chi connectivity index (χ0n) is 15.4. The molecule has 7 heteroatoms. The largest absolute Gasteiger partial charge is 0.466 e.